The van der Waals surface area contributed by atoms with Gasteiger partial charge in [-0.2, -0.15) is 12.7 Å². The second-order valence-corrected chi connectivity index (χ2v) is 5.40. The van der Waals surface area contributed by atoms with E-state index in [0.29, 0.717) is 26.3 Å². The lowest BCUT2D eigenvalue weighted by Gasteiger charge is -2.25. The van der Waals surface area contributed by atoms with E-state index in [-0.39, 0.29) is 11.0 Å². The molecule has 0 atom stereocenters. The van der Waals surface area contributed by atoms with E-state index in [1.807, 2.05) is 0 Å². The fraction of sp³-hybridized carbons (Fsp3) is 0.500. The molecule has 17 heavy (non-hydrogen) atoms. The van der Waals surface area contributed by atoms with Crippen molar-refractivity contribution in [2.45, 2.75) is 0 Å². The molecule has 0 bridgehead atoms. The first-order valence-electron chi connectivity index (χ1n) is 4.91. The topological polar surface area (TPSA) is 84.4 Å². The van der Waals surface area contributed by atoms with E-state index >= 15 is 0 Å². The molecule has 0 aromatic carbocycles. The summed E-state index contributed by atoms with van der Waals surface area (Å²) in [5.41, 5.74) is 0. The standard InChI is InChI=1S/C8H11ClN4O3S/c9-7-5-8(11-6-10-7)12-17(14,15)13-1-3-16-4-2-13/h5-6H,1-4H2,(H,10,11,12). The van der Waals surface area contributed by atoms with Gasteiger partial charge in [0.1, 0.15) is 17.3 Å². The van der Waals surface area contributed by atoms with Crippen LogP contribution in [0.4, 0.5) is 5.82 Å². The van der Waals surface area contributed by atoms with Crippen molar-refractivity contribution < 1.29 is 13.2 Å². The Balaban J connectivity index is 2.11. The molecular weight excluding hydrogens is 268 g/mol. The zero-order chi connectivity index (χ0) is 12.3. The first-order valence-corrected chi connectivity index (χ1v) is 6.73. The second-order valence-electron chi connectivity index (χ2n) is 3.34. The van der Waals surface area contributed by atoms with Crippen molar-refractivity contribution in [2.75, 3.05) is 31.0 Å². The predicted molar refractivity (Wildman–Crippen MR) is 62.0 cm³/mol. The van der Waals surface area contributed by atoms with E-state index in [2.05, 4.69) is 14.7 Å². The molecule has 1 aliphatic rings. The summed E-state index contributed by atoms with van der Waals surface area (Å²) in [6.07, 6.45) is 1.19. The number of rotatable bonds is 3. The molecule has 1 aliphatic heterocycles. The molecule has 0 spiro atoms. The maximum Gasteiger partial charge on any atom is 0.302 e. The van der Waals surface area contributed by atoms with Crippen molar-refractivity contribution >= 4 is 27.6 Å². The molecule has 0 unspecified atom stereocenters. The van der Waals surface area contributed by atoms with Crippen molar-refractivity contribution in [3.05, 3.63) is 17.5 Å². The Morgan fingerprint density at radius 2 is 2.06 bits per heavy atom. The highest BCUT2D eigenvalue weighted by molar-refractivity contribution is 7.90. The third-order valence-electron chi connectivity index (χ3n) is 2.18. The van der Waals surface area contributed by atoms with Crippen molar-refractivity contribution in [2.24, 2.45) is 0 Å². The number of morpholine rings is 1. The maximum absolute atomic E-state index is 11.9. The quantitative estimate of drug-likeness (QED) is 0.794. The van der Waals surface area contributed by atoms with Crippen molar-refractivity contribution in [3.63, 3.8) is 0 Å². The molecule has 94 valence electrons. The summed E-state index contributed by atoms with van der Waals surface area (Å²) in [6.45, 7) is 1.44. The lowest BCUT2D eigenvalue weighted by Crippen LogP contribution is -2.43. The Morgan fingerprint density at radius 1 is 1.35 bits per heavy atom. The summed E-state index contributed by atoms with van der Waals surface area (Å²) in [5.74, 6) is 0.150. The van der Waals surface area contributed by atoms with Gasteiger partial charge in [-0.3, -0.25) is 4.72 Å². The molecule has 1 fully saturated rings. The number of aromatic nitrogens is 2. The summed E-state index contributed by atoms with van der Waals surface area (Å²) in [5, 5.41) is 0.180. The Bertz CT molecular complexity index is 489. The normalized spacial score (nSPS) is 17.9. The monoisotopic (exact) mass is 278 g/mol. The fourth-order valence-electron chi connectivity index (χ4n) is 1.37. The fourth-order valence-corrected chi connectivity index (χ4v) is 2.65. The molecular formula is C8H11ClN4O3S. The highest BCUT2D eigenvalue weighted by atomic mass is 35.5. The van der Waals surface area contributed by atoms with Crippen LogP contribution in [0.15, 0.2) is 12.4 Å². The average Bonchev–Trinajstić information content (AvgIpc) is 2.29. The molecule has 0 amide bonds. The summed E-state index contributed by atoms with van der Waals surface area (Å²) in [7, 11) is -3.60. The zero-order valence-electron chi connectivity index (χ0n) is 8.84. The molecule has 1 saturated heterocycles. The second kappa shape index (κ2) is 5.13. The molecule has 2 heterocycles. The van der Waals surface area contributed by atoms with Gasteiger partial charge in [-0.05, 0) is 0 Å². The van der Waals surface area contributed by atoms with Crippen LogP contribution >= 0.6 is 11.6 Å². The number of hydrogen-bond donors (Lipinski definition) is 1. The zero-order valence-corrected chi connectivity index (χ0v) is 10.4. The molecule has 7 nitrogen and oxygen atoms in total. The van der Waals surface area contributed by atoms with Gasteiger partial charge in [-0.15, -0.1) is 0 Å². The third kappa shape index (κ3) is 3.25. The molecule has 2 rings (SSSR count). The van der Waals surface area contributed by atoms with Gasteiger partial charge in [0.15, 0.2) is 0 Å². The lowest BCUT2D eigenvalue weighted by atomic mass is 10.5. The lowest BCUT2D eigenvalue weighted by molar-refractivity contribution is 0.0733. The minimum absolute atomic E-state index is 0.150. The molecule has 1 N–H and O–H groups in total. The highest BCUT2D eigenvalue weighted by Crippen LogP contribution is 2.13. The van der Waals surface area contributed by atoms with E-state index in [4.69, 9.17) is 16.3 Å². The van der Waals surface area contributed by atoms with Crippen LogP contribution in [0.1, 0.15) is 0 Å². The van der Waals surface area contributed by atoms with Crippen LogP contribution in [-0.2, 0) is 14.9 Å². The van der Waals surface area contributed by atoms with Crippen LogP contribution in [0, 0.1) is 0 Å². The molecule has 9 heteroatoms. The number of halogens is 1. The minimum atomic E-state index is -3.60. The van der Waals surface area contributed by atoms with Crippen LogP contribution in [0.5, 0.6) is 0 Å². The third-order valence-corrected chi connectivity index (χ3v) is 3.90. The number of hydrogen-bond acceptors (Lipinski definition) is 5. The average molecular weight is 279 g/mol. The summed E-state index contributed by atoms with van der Waals surface area (Å²) in [4.78, 5) is 7.44. The van der Waals surface area contributed by atoms with Gasteiger partial charge in [0, 0.05) is 19.2 Å². The Morgan fingerprint density at radius 3 is 2.71 bits per heavy atom. The number of nitrogens with zero attached hydrogens (tertiary/aromatic N) is 3. The SMILES string of the molecule is O=S(=O)(Nc1cc(Cl)ncn1)N1CCOCC1. The minimum Gasteiger partial charge on any atom is -0.379 e. The highest BCUT2D eigenvalue weighted by Gasteiger charge is 2.24. The Labute approximate surface area is 104 Å². The van der Waals surface area contributed by atoms with Gasteiger partial charge in [0.25, 0.3) is 0 Å². The molecule has 0 aliphatic carbocycles. The largest absolute Gasteiger partial charge is 0.379 e. The van der Waals surface area contributed by atoms with Crippen LogP contribution in [0.25, 0.3) is 0 Å². The van der Waals surface area contributed by atoms with E-state index in [9.17, 15) is 8.42 Å². The van der Waals surface area contributed by atoms with Gasteiger partial charge in [0.2, 0.25) is 0 Å². The number of nitrogens with one attached hydrogen (secondary N) is 1. The van der Waals surface area contributed by atoms with Crippen LogP contribution in [-0.4, -0.2) is 49.0 Å². The van der Waals surface area contributed by atoms with Crippen molar-refractivity contribution in [3.8, 4) is 0 Å². The van der Waals surface area contributed by atoms with Crippen molar-refractivity contribution in [1.82, 2.24) is 14.3 Å². The van der Waals surface area contributed by atoms with Gasteiger partial charge in [-0.1, -0.05) is 11.6 Å². The van der Waals surface area contributed by atoms with E-state index in [1.54, 1.807) is 0 Å². The van der Waals surface area contributed by atoms with E-state index in [0.717, 1.165) is 0 Å². The van der Waals surface area contributed by atoms with Gasteiger partial charge >= 0.3 is 10.2 Å². The van der Waals surface area contributed by atoms with Gasteiger partial charge < -0.3 is 4.74 Å². The molecule has 0 radical (unpaired) electrons. The van der Waals surface area contributed by atoms with Crippen LogP contribution < -0.4 is 4.72 Å². The first kappa shape index (κ1) is 12.5. The van der Waals surface area contributed by atoms with E-state index < -0.39 is 10.2 Å². The van der Waals surface area contributed by atoms with Gasteiger partial charge in [-0.25, -0.2) is 9.97 Å². The first-order chi connectivity index (χ1) is 8.08. The predicted octanol–water partition coefficient (Wildman–Crippen LogP) is 0.119. The van der Waals surface area contributed by atoms with Crippen LogP contribution in [0.3, 0.4) is 0 Å². The molecule has 0 saturated carbocycles. The number of ether oxygens (including phenoxy) is 1. The Kier molecular flexibility index (Phi) is 3.77. The molecule has 1 aromatic rings. The summed E-state index contributed by atoms with van der Waals surface area (Å²) in [6, 6.07) is 1.35. The maximum atomic E-state index is 11.9. The Hall–Kier alpha value is -0.960. The summed E-state index contributed by atoms with van der Waals surface area (Å²) < 4.78 is 32.6. The van der Waals surface area contributed by atoms with Gasteiger partial charge in [0.05, 0.1) is 13.2 Å². The van der Waals surface area contributed by atoms with E-state index in [1.165, 1.54) is 16.7 Å². The summed E-state index contributed by atoms with van der Waals surface area (Å²) >= 11 is 5.64. The number of anilines is 1. The van der Waals surface area contributed by atoms with Crippen LogP contribution in [0.2, 0.25) is 5.15 Å². The molecule has 1 aromatic heterocycles. The van der Waals surface area contributed by atoms with Crippen molar-refractivity contribution in [1.29, 1.82) is 0 Å². The smallest absolute Gasteiger partial charge is 0.302 e.